The zero-order valence-corrected chi connectivity index (χ0v) is 11.7. The van der Waals surface area contributed by atoms with Crippen LogP contribution in [0.2, 0.25) is 0 Å². The fraction of sp³-hybridized carbons (Fsp3) is 0.692. The molecule has 1 aromatic rings. The van der Waals surface area contributed by atoms with Gasteiger partial charge in [0.1, 0.15) is 18.0 Å². The van der Waals surface area contributed by atoms with Crippen molar-refractivity contribution in [2.75, 3.05) is 30.0 Å². The van der Waals surface area contributed by atoms with Crippen molar-refractivity contribution in [2.24, 2.45) is 5.84 Å². The van der Waals surface area contributed by atoms with E-state index >= 15 is 0 Å². The number of nitrogen functional groups attached to an aromatic ring is 1. The molecule has 6 heteroatoms. The van der Waals surface area contributed by atoms with Crippen molar-refractivity contribution in [3.8, 4) is 0 Å². The Morgan fingerprint density at radius 2 is 2.37 bits per heavy atom. The summed E-state index contributed by atoms with van der Waals surface area (Å²) in [6.45, 7) is 6.88. The highest BCUT2D eigenvalue weighted by Crippen LogP contribution is 2.25. The van der Waals surface area contributed by atoms with Gasteiger partial charge < -0.3 is 15.1 Å². The lowest BCUT2D eigenvalue weighted by Gasteiger charge is -2.26. The fourth-order valence-electron chi connectivity index (χ4n) is 2.47. The van der Waals surface area contributed by atoms with Crippen LogP contribution < -0.4 is 16.2 Å². The van der Waals surface area contributed by atoms with Crippen molar-refractivity contribution in [1.82, 2.24) is 9.97 Å². The van der Waals surface area contributed by atoms with Gasteiger partial charge in [-0.1, -0.05) is 13.3 Å². The first-order valence-corrected chi connectivity index (χ1v) is 6.93. The lowest BCUT2D eigenvalue weighted by atomic mass is 10.1. The first-order chi connectivity index (χ1) is 9.26. The van der Waals surface area contributed by atoms with E-state index in [1.807, 2.05) is 0 Å². The summed E-state index contributed by atoms with van der Waals surface area (Å²) in [7, 11) is 0. The molecule has 0 spiro atoms. The van der Waals surface area contributed by atoms with Gasteiger partial charge in [-0.15, -0.1) is 0 Å². The third-order valence-corrected chi connectivity index (χ3v) is 3.31. The Hall–Kier alpha value is -1.40. The Morgan fingerprint density at radius 1 is 1.53 bits per heavy atom. The molecule has 0 radical (unpaired) electrons. The number of hydrogen-bond donors (Lipinski definition) is 2. The smallest absolute Gasteiger partial charge is 0.148 e. The molecule has 1 aromatic heterocycles. The Balaban J connectivity index is 2.31. The molecule has 0 aliphatic carbocycles. The van der Waals surface area contributed by atoms with Crippen molar-refractivity contribution in [3.63, 3.8) is 0 Å². The number of hydrogen-bond acceptors (Lipinski definition) is 6. The van der Waals surface area contributed by atoms with E-state index in [-0.39, 0.29) is 6.10 Å². The van der Waals surface area contributed by atoms with Crippen LogP contribution in [0.4, 0.5) is 11.6 Å². The van der Waals surface area contributed by atoms with Gasteiger partial charge in [-0.05, 0) is 19.8 Å². The number of nitrogens with two attached hydrogens (primary N) is 1. The lowest BCUT2D eigenvalue weighted by molar-refractivity contribution is 0.0820. The van der Waals surface area contributed by atoms with E-state index in [2.05, 4.69) is 34.1 Å². The molecule has 2 rings (SSSR count). The maximum Gasteiger partial charge on any atom is 0.148 e. The van der Waals surface area contributed by atoms with Crippen molar-refractivity contribution in [3.05, 3.63) is 11.9 Å². The van der Waals surface area contributed by atoms with Crippen molar-refractivity contribution >= 4 is 11.6 Å². The number of rotatable bonds is 4. The van der Waals surface area contributed by atoms with Gasteiger partial charge in [-0.3, -0.25) is 0 Å². The SMILES string of the molecule is CCCc1c(NN)ncnc1N1CCCOC(C)C1. The highest BCUT2D eigenvalue weighted by molar-refractivity contribution is 5.58. The summed E-state index contributed by atoms with van der Waals surface area (Å²) in [6, 6.07) is 0. The molecule has 0 saturated carbocycles. The molecule has 0 amide bonds. The van der Waals surface area contributed by atoms with Crippen molar-refractivity contribution in [2.45, 2.75) is 39.2 Å². The van der Waals surface area contributed by atoms with E-state index in [0.717, 1.165) is 56.2 Å². The molecule has 1 aliphatic heterocycles. The molecule has 1 atom stereocenters. The molecular formula is C13H23N5O. The third-order valence-electron chi connectivity index (χ3n) is 3.31. The van der Waals surface area contributed by atoms with E-state index in [4.69, 9.17) is 10.6 Å². The molecule has 19 heavy (non-hydrogen) atoms. The standard InChI is InChI=1S/C13H23N5O/c1-3-5-11-12(17-14)15-9-16-13(11)18-6-4-7-19-10(2)8-18/h9-10H,3-8,14H2,1-2H3,(H,15,16,17). The molecule has 1 aliphatic rings. The van der Waals surface area contributed by atoms with Crippen LogP contribution in [0.15, 0.2) is 6.33 Å². The predicted octanol–water partition coefficient (Wildman–Crippen LogP) is 1.33. The zero-order chi connectivity index (χ0) is 13.7. The minimum atomic E-state index is 0.223. The van der Waals surface area contributed by atoms with Crippen LogP contribution in [0, 0.1) is 0 Å². The molecule has 1 saturated heterocycles. The molecule has 0 aromatic carbocycles. The Kier molecular flexibility index (Phi) is 4.93. The summed E-state index contributed by atoms with van der Waals surface area (Å²) >= 11 is 0. The molecular weight excluding hydrogens is 242 g/mol. The largest absolute Gasteiger partial charge is 0.377 e. The first kappa shape index (κ1) is 14.0. The first-order valence-electron chi connectivity index (χ1n) is 6.93. The van der Waals surface area contributed by atoms with E-state index in [0.29, 0.717) is 0 Å². The van der Waals surface area contributed by atoms with E-state index in [9.17, 15) is 0 Å². The Morgan fingerprint density at radius 3 is 3.11 bits per heavy atom. The molecule has 3 N–H and O–H groups in total. The second-order valence-corrected chi connectivity index (χ2v) is 4.90. The average molecular weight is 265 g/mol. The molecule has 1 fully saturated rings. The van der Waals surface area contributed by atoms with Gasteiger partial charge >= 0.3 is 0 Å². The van der Waals surface area contributed by atoms with Gasteiger partial charge in [0.05, 0.1) is 6.10 Å². The van der Waals surface area contributed by atoms with Gasteiger partial charge in [-0.2, -0.15) is 0 Å². The van der Waals surface area contributed by atoms with Crippen LogP contribution in [0.3, 0.4) is 0 Å². The Bertz CT molecular complexity index is 412. The maximum absolute atomic E-state index is 5.69. The average Bonchev–Trinajstić information content (AvgIpc) is 2.64. The normalized spacial score (nSPS) is 20.2. The summed E-state index contributed by atoms with van der Waals surface area (Å²) in [4.78, 5) is 11.0. The van der Waals surface area contributed by atoms with Gasteiger partial charge in [-0.25, -0.2) is 15.8 Å². The topological polar surface area (TPSA) is 76.3 Å². The molecule has 2 heterocycles. The predicted molar refractivity (Wildman–Crippen MR) is 76.1 cm³/mol. The van der Waals surface area contributed by atoms with Crippen LogP contribution >= 0.6 is 0 Å². The van der Waals surface area contributed by atoms with Crippen LogP contribution in [0.25, 0.3) is 0 Å². The second kappa shape index (κ2) is 6.68. The second-order valence-electron chi connectivity index (χ2n) is 4.90. The van der Waals surface area contributed by atoms with Gasteiger partial charge in [0, 0.05) is 25.3 Å². The third kappa shape index (κ3) is 3.33. The highest BCUT2D eigenvalue weighted by Gasteiger charge is 2.20. The van der Waals surface area contributed by atoms with Crippen molar-refractivity contribution < 1.29 is 4.74 Å². The van der Waals surface area contributed by atoms with Crippen LogP contribution in [-0.2, 0) is 11.2 Å². The number of nitrogens with zero attached hydrogens (tertiary/aromatic N) is 3. The van der Waals surface area contributed by atoms with Gasteiger partial charge in [0.15, 0.2) is 0 Å². The number of nitrogens with one attached hydrogen (secondary N) is 1. The highest BCUT2D eigenvalue weighted by atomic mass is 16.5. The summed E-state index contributed by atoms with van der Waals surface area (Å²) < 4.78 is 5.69. The van der Waals surface area contributed by atoms with Gasteiger partial charge in [0.2, 0.25) is 0 Å². The minimum absolute atomic E-state index is 0.223. The zero-order valence-electron chi connectivity index (χ0n) is 11.7. The number of anilines is 2. The number of aromatic nitrogens is 2. The van der Waals surface area contributed by atoms with E-state index in [1.54, 1.807) is 6.33 Å². The lowest BCUT2D eigenvalue weighted by Crippen LogP contribution is -2.32. The molecule has 1 unspecified atom stereocenters. The van der Waals surface area contributed by atoms with Crippen molar-refractivity contribution in [1.29, 1.82) is 0 Å². The number of ether oxygens (including phenoxy) is 1. The van der Waals surface area contributed by atoms with Crippen LogP contribution in [0.5, 0.6) is 0 Å². The minimum Gasteiger partial charge on any atom is -0.377 e. The fourth-order valence-corrected chi connectivity index (χ4v) is 2.47. The quantitative estimate of drug-likeness (QED) is 0.632. The van der Waals surface area contributed by atoms with E-state index < -0.39 is 0 Å². The van der Waals surface area contributed by atoms with E-state index in [1.165, 1.54) is 0 Å². The van der Waals surface area contributed by atoms with Crippen LogP contribution in [-0.4, -0.2) is 35.8 Å². The molecule has 0 bridgehead atoms. The monoisotopic (exact) mass is 265 g/mol. The summed E-state index contributed by atoms with van der Waals surface area (Å²) in [5, 5.41) is 0. The number of hydrazine groups is 1. The van der Waals surface area contributed by atoms with Crippen LogP contribution in [0.1, 0.15) is 32.3 Å². The maximum atomic E-state index is 5.69. The molecule has 6 nitrogen and oxygen atoms in total. The molecule has 106 valence electrons. The summed E-state index contributed by atoms with van der Waals surface area (Å²) in [6.07, 6.45) is 4.77. The Labute approximate surface area is 114 Å². The van der Waals surface area contributed by atoms with Gasteiger partial charge in [0.25, 0.3) is 0 Å². The summed E-state index contributed by atoms with van der Waals surface area (Å²) in [5.74, 6) is 7.27. The summed E-state index contributed by atoms with van der Waals surface area (Å²) in [5.41, 5.74) is 3.78.